The SMILES string of the molecule is C[C@H]1CCCCN1C(=O)[C@@H](C1CCCC1)N1CCN(C(=O)c2ccc(C(F)(F)F)cc2)CC1. The zero-order valence-electron chi connectivity index (χ0n) is 19.3. The second kappa shape index (κ2) is 10.0. The van der Waals surface area contributed by atoms with Gasteiger partial charge in [-0.15, -0.1) is 0 Å². The highest BCUT2D eigenvalue weighted by atomic mass is 19.4. The van der Waals surface area contributed by atoms with Crippen LogP contribution in [0.15, 0.2) is 24.3 Å². The Labute approximate surface area is 193 Å². The Kier molecular flexibility index (Phi) is 7.31. The number of hydrogen-bond acceptors (Lipinski definition) is 3. The highest BCUT2D eigenvalue weighted by molar-refractivity contribution is 5.94. The minimum Gasteiger partial charge on any atom is -0.339 e. The van der Waals surface area contributed by atoms with Crippen molar-refractivity contribution in [1.82, 2.24) is 14.7 Å². The van der Waals surface area contributed by atoms with Gasteiger partial charge in [0.1, 0.15) is 0 Å². The summed E-state index contributed by atoms with van der Waals surface area (Å²) in [5.74, 6) is 0.358. The van der Waals surface area contributed by atoms with Crippen LogP contribution in [0.25, 0.3) is 0 Å². The lowest BCUT2D eigenvalue weighted by Gasteiger charge is -2.44. The molecule has 1 saturated carbocycles. The predicted molar refractivity (Wildman–Crippen MR) is 120 cm³/mol. The molecule has 4 rings (SSSR count). The first kappa shape index (κ1) is 24.0. The van der Waals surface area contributed by atoms with Gasteiger partial charge in [-0.1, -0.05) is 12.8 Å². The van der Waals surface area contributed by atoms with Crippen LogP contribution in [-0.2, 0) is 11.0 Å². The van der Waals surface area contributed by atoms with Crippen LogP contribution in [0.4, 0.5) is 13.2 Å². The summed E-state index contributed by atoms with van der Waals surface area (Å²) in [7, 11) is 0. The summed E-state index contributed by atoms with van der Waals surface area (Å²) in [5.41, 5.74) is -0.490. The molecule has 0 N–H and O–H groups in total. The lowest BCUT2D eigenvalue weighted by atomic mass is 9.92. The molecule has 3 aliphatic rings. The van der Waals surface area contributed by atoms with Gasteiger partial charge in [0, 0.05) is 44.3 Å². The van der Waals surface area contributed by atoms with Gasteiger partial charge < -0.3 is 9.80 Å². The molecule has 33 heavy (non-hydrogen) atoms. The fourth-order valence-corrected chi connectivity index (χ4v) is 5.71. The van der Waals surface area contributed by atoms with E-state index in [-0.39, 0.29) is 29.5 Å². The highest BCUT2D eigenvalue weighted by Crippen LogP contribution is 2.33. The lowest BCUT2D eigenvalue weighted by Crippen LogP contribution is -2.60. The van der Waals surface area contributed by atoms with E-state index >= 15 is 0 Å². The molecule has 8 heteroatoms. The van der Waals surface area contributed by atoms with Crippen molar-refractivity contribution in [2.24, 2.45) is 5.92 Å². The topological polar surface area (TPSA) is 43.9 Å². The van der Waals surface area contributed by atoms with Crippen LogP contribution in [-0.4, -0.2) is 71.3 Å². The van der Waals surface area contributed by atoms with Crippen LogP contribution < -0.4 is 0 Å². The molecule has 1 aliphatic carbocycles. The monoisotopic (exact) mass is 465 g/mol. The number of piperazine rings is 1. The molecule has 2 heterocycles. The van der Waals surface area contributed by atoms with E-state index in [4.69, 9.17) is 0 Å². The third-order valence-corrected chi connectivity index (χ3v) is 7.64. The summed E-state index contributed by atoms with van der Waals surface area (Å²) in [4.78, 5) is 32.6. The molecule has 0 spiro atoms. The highest BCUT2D eigenvalue weighted by Gasteiger charge is 2.40. The molecular formula is C25H34F3N3O2. The van der Waals surface area contributed by atoms with E-state index < -0.39 is 11.7 Å². The van der Waals surface area contributed by atoms with Crippen molar-refractivity contribution >= 4 is 11.8 Å². The van der Waals surface area contributed by atoms with E-state index in [1.54, 1.807) is 4.90 Å². The summed E-state index contributed by atoms with van der Waals surface area (Å²) in [5, 5.41) is 0. The second-order valence-electron chi connectivity index (χ2n) is 9.77. The largest absolute Gasteiger partial charge is 0.416 e. The molecule has 3 fully saturated rings. The third kappa shape index (κ3) is 5.36. The Balaban J connectivity index is 1.41. The molecular weight excluding hydrogens is 431 g/mol. The molecule has 2 aliphatic heterocycles. The van der Waals surface area contributed by atoms with E-state index in [0.717, 1.165) is 57.2 Å². The molecule has 2 atom stereocenters. The van der Waals surface area contributed by atoms with Crippen LogP contribution >= 0.6 is 0 Å². The fourth-order valence-electron chi connectivity index (χ4n) is 5.71. The molecule has 0 bridgehead atoms. The minimum atomic E-state index is -4.42. The molecule has 5 nitrogen and oxygen atoms in total. The van der Waals surface area contributed by atoms with E-state index in [1.165, 1.54) is 18.6 Å². The van der Waals surface area contributed by atoms with Gasteiger partial charge >= 0.3 is 6.18 Å². The maximum Gasteiger partial charge on any atom is 0.416 e. The smallest absolute Gasteiger partial charge is 0.339 e. The van der Waals surface area contributed by atoms with Gasteiger partial charge in [-0.25, -0.2) is 0 Å². The van der Waals surface area contributed by atoms with Crippen LogP contribution in [0.1, 0.15) is 67.8 Å². The van der Waals surface area contributed by atoms with E-state index in [2.05, 4.69) is 16.7 Å². The maximum atomic E-state index is 13.7. The first-order valence-electron chi connectivity index (χ1n) is 12.3. The zero-order valence-corrected chi connectivity index (χ0v) is 19.3. The van der Waals surface area contributed by atoms with Crippen LogP contribution in [0.2, 0.25) is 0 Å². The number of piperidine rings is 1. The van der Waals surface area contributed by atoms with Gasteiger partial charge in [-0.3, -0.25) is 14.5 Å². The molecule has 0 aromatic heterocycles. The number of carbonyl (C=O) groups is 2. The predicted octanol–water partition coefficient (Wildman–Crippen LogP) is 4.42. The van der Waals surface area contributed by atoms with Gasteiger partial charge in [0.2, 0.25) is 5.91 Å². The van der Waals surface area contributed by atoms with E-state index in [0.29, 0.717) is 32.1 Å². The van der Waals surface area contributed by atoms with Crippen molar-refractivity contribution < 1.29 is 22.8 Å². The van der Waals surface area contributed by atoms with Gasteiger partial charge in [-0.05, 0) is 69.2 Å². The van der Waals surface area contributed by atoms with Crippen molar-refractivity contribution in [3.63, 3.8) is 0 Å². The summed E-state index contributed by atoms with van der Waals surface area (Å²) in [6, 6.07) is 4.56. The number of rotatable bonds is 4. The number of carbonyl (C=O) groups excluding carboxylic acids is 2. The Morgan fingerprint density at radius 1 is 0.879 bits per heavy atom. The van der Waals surface area contributed by atoms with Crippen molar-refractivity contribution in [1.29, 1.82) is 0 Å². The van der Waals surface area contributed by atoms with E-state index in [1.807, 2.05) is 0 Å². The second-order valence-corrected chi connectivity index (χ2v) is 9.77. The molecule has 1 aromatic carbocycles. The number of alkyl halides is 3. The summed E-state index contributed by atoms with van der Waals surface area (Å²) < 4.78 is 38.4. The number of amides is 2. The Hall–Kier alpha value is -2.09. The van der Waals surface area contributed by atoms with Gasteiger partial charge in [0.25, 0.3) is 5.91 Å². The Morgan fingerprint density at radius 3 is 2.06 bits per heavy atom. The summed E-state index contributed by atoms with van der Waals surface area (Å²) in [6.45, 7) is 5.15. The van der Waals surface area contributed by atoms with Crippen LogP contribution in [0, 0.1) is 5.92 Å². The normalized spacial score (nSPS) is 24.2. The number of hydrogen-bond donors (Lipinski definition) is 0. The minimum absolute atomic E-state index is 0.128. The van der Waals surface area contributed by atoms with E-state index in [9.17, 15) is 22.8 Å². The average Bonchev–Trinajstić information content (AvgIpc) is 3.33. The molecule has 182 valence electrons. The number of nitrogens with zero attached hydrogens (tertiary/aromatic N) is 3. The quantitative estimate of drug-likeness (QED) is 0.661. The average molecular weight is 466 g/mol. The molecule has 1 aromatic rings. The molecule has 0 radical (unpaired) electrons. The lowest BCUT2D eigenvalue weighted by molar-refractivity contribution is -0.143. The van der Waals surface area contributed by atoms with Crippen molar-refractivity contribution in [2.45, 2.75) is 70.1 Å². The van der Waals surface area contributed by atoms with Crippen molar-refractivity contribution in [3.8, 4) is 0 Å². The zero-order chi connectivity index (χ0) is 23.6. The van der Waals surface area contributed by atoms with Gasteiger partial charge in [0.05, 0.1) is 11.6 Å². The van der Waals surface area contributed by atoms with Gasteiger partial charge in [-0.2, -0.15) is 13.2 Å². The van der Waals surface area contributed by atoms with Gasteiger partial charge in [0.15, 0.2) is 0 Å². The Bertz CT molecular complexity index is 828. The number of halogens is 3. The third-order valence-electron chi connectivity index (χ3n) is 7.64. The first-order chi connectivity index (χ1) is 15.8. The molecule has 0 unspecified atom stereocenters. The first-order valence-corrected chi connectivity index (χ1v) is 12.3. The molecule has 2 saturated heterocycles. The van der Waals surface area contributed by atoms with Crippen LogP contribution in [0.5, 0.6) is 0 Å². The summed E-state index contributed by atoms with van der Waals surface area (Å²) >= 11 is 0. The fraction of sp³-hybridized carbons (Fsp3) is 0.680. The maximum absolute atomic E-state index is 13.7. The molecule has 2 amide bonds. The summed E-state index contributed by atoms with van der Waals surface area (Å²) in [6.07, 6.45) is 3.34. The Morgan fingerprint density at radius 2 is 1.48 bits per heavy atom. The number of benzene rings is 1. The van der Waals surface area contributed by atoms with Crippen LogP contribution in [0.3, 0.4) is 0 Å². The van der Waals surface area contributed by atoms with Crippen molar-refractivity contribution in [3.05, 3.63) is 35.4 Å². The standard InChI is InChI=1S/C25H34F3N3O2/c1-18-6-4-5-13-31(18)24(33)22(19-7-2-3-8-19)29-14-16-30(17-15-29)23(32)20-9-11-21(12-10-20)25(26,27)28/h9-12,18-19,22H,2-8,13-17H2,1H3/t18-,22+/m0/s1. The number of likely N-dealkylation sites (tertiary alicyclic amines) is 1. The van der Waals surface area contributed by atoms with Crippen molar-refractivity contribution in [2.75, 3.05) is 32.7 Å².